The maximum atomic E-state index is 12.9. The van der Waals surface area contributed by atoms with E-state index in [2.05, 4.69) is 22.9 Å². The van der Waals surface area contributed by atoms with Gasteiger partial charge in [0.05, 0.1) is 10.6 Å². The van der Waals surface area contributed by atoms with Crippen LogP contribution in [-0.2, 0) is 0 Å². The van der Waals surface area contributed by atoms with E-state index >= 15 is 0 Å². The van der Waals surface area contributed by atoms with Gasteiger partial charge in [0.15, 0.2) is 0 Å². The Labute approximate surface area is 92.4 Å². The molecule has 0 radical (unpaired) electrons. The van der Waals surface area contributed by atoms with E-state index in [9.17, 15) is 4.39 Å². The maximum Gasteiger partial charge on any atom is 0.137 e. The molecule has 1 unspecified atom stereocenters. The van der Waals surface area contributed by atoms with Gasteiger partial charge in [0, 0.05) is 0 Å². The van der Waals surface area contributed by atoms with E-state index in [1.165, 1.54) is 6.07 Å². The van der Waals surface area contributed by atoms with Crippen molar-refractivity contribution < 1.29 is 9.13 Å². The van der Waals surface area contributed by atoms with Crippen molar-refractivity contribution >= 4 is 15.9 Å². The minimum atomic E-state index is -0.263. The molecule has 0 aromatic heterocycles. The third-order valence-electron chi connectivity index (χ3n) is 1.92. The molecule has 0 saturated heterocycles. The van der Waals surface area contributed by atoms with Gasteiger partial charge in [0.1, 0.15) is 11.6 Å². The number of hydrogen-bond donors (Lipinski definition) is 0. The lowest BCUT2D eigenvalue weighted by atomic mass is 10.2. The van der Waals surface area contributed by atoms with E-state index in [4.69, 9.17) is 4.74 Å². The quantitative estimate of drug-likeness (QED) is 0.790. The van der Waals surface area contributed by atoms with Crippen LogP contribution in [0.1, 0.15) is 26.7 Å². The molecule has 0 bridgehead atoms. The number of halogens is 2. The standard InChI is InChI=1S/C11H14BrFO/c1-3-4-8(2)14-9-5-6-11(13)10(12)7-9/h5-8H,3-4H2,1-2H3. The predicted octanol–water partition coefficient (Wildman–Crippen LogP) is 4.16. The van der Waals surface area contributed by atoms with Crippen LogP contribution in [0.25, 0.3) is 0 Å². The van der Waals surface area contributed by atoms with Gasteiger partial charge < -0.3 is 4.74 Å². The predicted molar refractivity (Wildman–Crippen MR) is 59.1 cm³/mol. The first kappa shape index (κ1) is 11.5. The van der Waals surface area contributed by atoms with E-state index in [0.29, 0.717) is 10.2 Å². The molecule has 0 aliphatic rings. The molecule has 1 atom stereocenters. The fourth-order valence-electron chi connectivity index (χ4n) is 1.25. The highest BCUT2D eigenvalue weighted by molar-refractivity contribution is 9.10. The van der Waals surface area contributed by atoms with Crippen LogP contribution in [0.5, 0.6) is 5.75 Å². The minimum Gasteiger partial charge on any atom is -0.491 e. The number of rotatable bonds is 4. The topological polar surface area (TPSA) is 9.23 Å². The second-order valence-corrected chi connectivity index (χ2v) is 4.15. The van der Waals surface area contributed by atoms with Crippen molar-refractivity contribution in [1.29, 1.82) is 0 Å². The van der Waals surface area contributed by atoms with Gasteiger partial charge in [-0.25, -0.2) is 4.39 Å². The van der Waals surface area contributed by atoms with Gasteiger partial charge in [-0.05, 0) is 47.5 Å². The molecule has 3 heteroatoms. The van der Waals surface area contributed by atoms with Crippen LogP contribution in [0.3, 0.4) is 0 Å². The highest BCUT2D eigenvalue weighted by Crippen LogP contribution is 2.22. The van der Waals surface area contributed by atoms with Crippen molar-refractivity contribution in [3.05, 3.63) is 28.5 Å². The highest BCUT2D eigenvalue weighted by atomic mass is 79.9. The minimum absolute atomic E-state index is 0.178. The lowest BCUT2D eigenvalue weighted by Crippen LogP contribution is -2.10. The van der Waals surface area contributed by atoms with Crippen molar-refractivity contribution in [1.82, 2.24) is 0 Å². The summed E-state index contributed by atoms with van der Waals surface area (Å²) in [6.07, 6.45) is 2.27. The molecule has 1 aromatic carbocycles. The van der Waals surface area contributed by atoms with Gasteiger partial charge in [0.2, 0.25) is 0 Å². The summed E-state index contributed by atoms with van der Waals surface area (Å²) in [7, 11) is 0. The first-order valence-electron chi connectivity index (χ1n) is 4.75. The summed E-state index contributed by atoms with van der Waals surface area (Å²) in [5.41, 5.74) is 0. The summed E-state index contributed by atoms with van der Waals surface area (Å²) in [6, 6.07) is 4.70. The summed E-state index contributed by atoms with van der Waals surface area (Å²) in [4.78, 5) is 0. The molecule has 0 N–H and O–H groups in total. The Bertz CT molecular complexity index is 301. The zero-order chi connectivity index (χ0) is 10.6. The molecule has 0 heterocycles. The third kappa shape index (κ3) is 3.29. The molecule has 0 fully saturated rings. The Morgan fingerprint density at radius 2 is 2.21 bits per heavy atom. The second kappa shape index (κ2) is 5.35. The van der Waals surface area contributed by atoms with Crippen LogP contribution in [0.15, 0.2) is 22.7 Å². The van der Waals surface area contributed by atoms with E-state index < -0.39 is 0 Å². The summed E-state index contributed by atoms with van der Waals surface area (Å²) in [5.74, 6) is 0.444. The molecule has 0 spiro atoms. The fourth-order valence-corrected chi connectivity index (χ4v) is 1.61. The van der Waals surface area contributed by atoms with Gasteiger partial charge >= 0.3 is 0 Å². The lowest BCUT2D eigenvalue weighted by molar-refractivity contribution is 0.209. The van der Waals surface area contributed by atoms with Crippen molar-refractivity contribution in [3.63, 3.8) is 0 Å². The molecule has 1 nitrogen and oxygen atoms in total. The average Bonchev–Trinajstić information content (AvgIpc) is 2.12. The number of ether oxygens (including phenoxy) is 1. The molecule has 0 aliphatic heterocycles. The van der Waals surface area contributed by atoms with Crippen molar-refractivity contribution in [2.75, 3.05) is 0 Å². The molecule has 0 aliphatic carbocycles. The monoisotopic (exact) mass is 260 g/mol. The van der Waals surface area contributed by atoms with E-state index in [-0.39, 0.29) is 11.9 Å². The molecule has 1 rings (SSSR count). The van der Waals surface area contributed by atoms with Crippen LogP contribution in [0.2, 0.25) is 0 Å². The van der Waals surface area contributed by atoms with Crippen LogP contribution in [0.4, 0.5) is 4.39 Å². The molecule has 1 aromatic rings. The van der Waals surface area contributed by atoms with E-state index in [1.807, 2.05) is 6.92 Å². The van der Waals surface area contributed by atoms with Crippen LogP contribution in [0, 0.1) is 5.82 Å². The molecule has 14 heavy (non-hydrogen) atoms. The molecular weight excluding hydrogens is 247 g/mol. The van der Waals surface area contributed by atoms with Crippen LogP contribution < -0.4 is 4.74 Å². The second-order valence-electron chi connectivity index (χ2n) is 3.29. The SMILES string of the molecule is CCCC(C)Oc1ccc(F)c(Br)c1. The van der Waals surface area contributed by atoms with Gasteiger partial charge in [-0.3, -0.25) is 0 Å². The molecular formula is C11H14BrFO. The number of benzene rings is 1. The van der Waals surface area contributed by atoms with E-state index in [1.54, 1.807) is 12.1 Å². The summed E-state index contributed by atoms with van der Waals surface area (Å²) in [5, 5.41) is 0. The van der Waals surface area contributed by atoms with Crippen molar-refractivity contribution in [2.45, 2.75) is 32.8 Å². The summed E-state index contributed by atoms with van der Waals surface area (Å²) in [6.45, 7) is 4.13. The Morgan fingerprint density at radius 1 is 1.50 bits per heavy atom. The summed E-state index contributed by atoms with van der Waals surface area (Å²) < 4.78 is 18.9. The zero-order valence-electron chi connectivity index (χ0n) is 8.39. The molecule has 0 saturated carbocycles. The van der Waals surface area contributed by atoms with Gasteiger partial charge in [-0.15, -0.1) is 0 Å². The van der Waals surface area contributed by atoms with Gasteiger partial charge in [-0.1, -0.05) is 13.3 Å². The van der Waals surface area contributed by atoms with Gasteiger partial charge in [-0.2, -0.15) is 0 Å². The largest absolute Gasteiger partial charge is 0.491 e. The number of hydrogen-bond acceptors (Lipinski definition) is 1. The third-order valence-corrected chi connectivity index (χ3v) is 2.53. The molecule has 0 amide bonds. The molecule has 78 valence electrons. The van der Waals surface area contributed by atoms with E-state index in [0.717, 1.165) is 12.8 Å². The van der Waals surface area contributed by atoms with Gasteiger partial charge in [0.25, 0.3) is 0 Å². The Kier molecular flexibility index (Phi) is 4.39. The van der Waals surface area contributed by atoms with Crippen molar-refractivity contribution in [2.24, 2.45) is 0 Å². The summed E-state index contributed by atoms with van der Waals surface area (Å²) >= 11 is 3.12. The zero-order valence-corrected chi connectivity index (χ0v) is 9.97. The normalized spacial score (nSPS) is 12.6. The highest BCUT2D eigenvalue weighted by Gasteiger charge is 2.05. The van der Waals surface area contributed by atoms with Crippen molar-refractivity contribution in [3.8, 4) is 5.75 Å². The first-order chi connectivity index (χ1) is 6.63. The lowest BCUT2D eigenvalue weighted by Gasteiger charge is -2.13. The Hall–Kier alpha value is -0.570. The maximum absolute atomic E-state index is 12.9. The average molecular weight is 261 g/mol. The fraction of sp³-hybridized carbons (Fsp3) is 0.455. The first-order valence-corrected chi connectivity index (χ1v) is 5.54. The Balaban J connectivity index is 2.63. The van der Waals surface area contributed by atoms with Crippen LogP contribution >= 0.6 is 15.9 Å². The van der Waals surface area contributed by atoms with Crippen LogP contribution in [-0.4, -0.2) is 6.10 Å². The smallest absolute Gasteiger partial charge is 0.137 e. The Morgan fingerprint density at radius 3 is 2.79 bits per heavy atom.